The average molecular weight is 666 g/mol. The maximum absolute atomic E-state index is 15.5. The van der Waals surface area contributed by atoms with Crippen LogP contribution in [-0.2, 0) is 31.2 Å². The van der Waals surface area contributed by atoms with Crippen LogP contribution in [0, 0.1) is 11.2 Å². The predicted octanol–water partition coefficient (Wildman–Crippen LogP) is 3.87. The number of aromatic nitrogens is 4. The molecule has 12 heteroatoms. The van der Waals surface area contributed by atoms with Crippen molar-refractivity contribution >= 4 is 22.6 Å². The summed E-state index contributed by atoms with van der Waals surface area (Å²) in [4.78, 5) is 36.2. The van der Waals surface area contributed by atoms with E-state index in [1.165, 1.54) is 20.8 Å². The lowest BCUT2D eigenvalue weighted by atomic mass is 9.90. The van der Waals surface area contributed by atoms with Crippen LogP contribution in [0.3, 0.4) is 0 Å². The number of rotatable bonds is 7. The van der Waals surface area contributed by atoms with Gasteiger partial charge in [0.05, 0.1) is 31.5 Å². The van der Waals surface area contributed by atoms with Gasteiger partial charge < -0.3 is 29.0 Å². The number of aryl methyl sites for hydroxylation is 1. The molecule has 2 fully saturated rings. The summed E-state index contributed by atoms with van der Waals surface area (Å²) in [5, 5.41) is 13.6. The highest BCUT2D eigenvalue weighted by Crippen LogP contribution is 2.37. The summed E-state index contributed by atoms with van der Waals surface area (Å²) in [5.41, 5.74) is 5.27. The number of hydrogen-bond donors (Lipinski definition) is 2. The highest BCUT2D eigenvalue weighted by Gasteiger charge is 2.32. The lowest BCUT2D eigenvalue weighted by Crippen LogP contribution is -2.56. The van der Waals surface area contributed by atoms with E-state index in [9.17, 15) is 14.7 Å². The summed E-state index contributed by atoms with van der Waals surface area (Å²) >= 11 is 0. The number of aliphatic hydroxyl groups excluding tert-OH is 1. The highest BCUT2D eigenvalue weighted by atomic mass is 19.1. The first-order chi connectivity index (χ1) is 23.6. The van der Waals surface area contributed by atoms with Crippen LogP contribution in [0.25, 0.3) is 22.5 Å². The van der Waals surface area contributed by atoms with Crippen molar-refractivity contribution in [1.82, 2.24) is 23.4 Å². The largest absolute Gasteiger partial charge is 0.392 e. The summed E-state index contributed by atoms with van der Waals surface area (Å²) in [5.74, 6) is -0.155. The Labute approximate surface area is 282 Å². The first-order valence-electron chi connectivity index (χ1n) is 16.8. The first kappa shape index (κ1) is 31.5. The van der Waals surface area contributed by atoms with Gasteiger partial charge >= 0.3 is 0 Å². The van der Waals surface area contributed by atoms with Gasteiger partial charge in [0.1, 0.15) is 22.8 Å². The van der Waals surface area contributed by atoms with Crippen molar-refractivity contribution in [3.05, 3.63) is 105 Å². The Morgan fingerprint density at radius 2 is 1.80 bits per heavy atom. The predicted molar refractivity (Wildman–Crippen MR) is 187 cm³/mol. The number of pyridine rings is 2. The van der Waals surface area contributed by atoms with Crippen molar-refractivity contribution < 1.29 is 14.2 Å². The van der Waals surface area contributed by atoms with Gasteiger partial charge in [0, 0.05) is 80.5 Å². The van der Waals surface area contributed by atoms with E-state index in [1.807, 2.05) is 22.7 Å². The Hall–Kier alpha value is -4.78. The molecular formula is C37H40FN7O4. The maximum atomic E-state index is 15.5. The molecule has 0 atom stereocenters. The molecule has 5 aromatic rings. The number of aliphatic hydroxyl groups is 1. The molecule has 0 radical (unpaired) electrons. The standard InChI is InChI=1S/C37H40FN7O4/c1-37(2)17-23-15-32-36(48)45(13-12-44(32)33(23)18-37)34-28(20-46)27(6-7-39-34)24-14-31(35(47)41(3)19-24)40-30-5-4-25(16-29(30)38)42-8-10-43(11-9-42)26-21-49-22-26/h4-7,12-16,19,26,40,46H,8-11,17-18,20-22H2,1-3H3. The third-order valence-corrected chi connectivity index (χ3v) is 10.3. The van der Waals surface area contributed by atoms with Crippen LogP contribution >= 0.6 is 0 Å². The van der Waals surface area contributed by atoms with Gasteiger partial charge in [-0.3, -0.25) is 19.1 Å². The van der Waals surface area contributed by atoms with E-state index in [4.69, 9.17) is 4.74 Å². The molecular weight excluding hydrogens is 625 g/mol. The smallest absolute Gasteiger partial charge is 0.280 e. The SMILES string of the molecule is Cn1cc(-c2ccnc(-n3ccn4c5c(cc4c3=O)CC(C)(C)C5)c2CO)cc(Nc2ccc(N3CCN(C4COC4)CC3)cc2F)c1=O. The molecule has 4 aromatic heterocycles. The Balaban J connectivity index is 1.09. The zero-order valence-corrected chi connectivity index (χ0v) is 27.9. The van der Waals surface area contributed by atoms with E-state index in [0.29, 0.717) is 34.1 Å². The van der Waals surface area contributed by atoms with Gasteiger partial charge in [0.25, 0.3) is 11.1 Å². The van der Waals surface area contributed by atoms with Gasteiger partial charge in [-0.1, -0.05) is 13.8 Å². The highest BCUT2D eigenvalue weighted by molar-refractivity contribution is 5.74. The van der Waals surface area contributed by atoms with Crippen molar-refractivity contribution in [1.29, 1.82) is 0 Å². The van der Waals surface area contributed by atoms with Crippen LogP contribution in [-0.4, -0.2) is 74.0 Å². The minimum absolute atomic E-state index is 0.154. The molecule has 0 spiro atoms. The summed E-state index contributed by atoms with van der Waals surface area (Å²) in [6.07, 6.45) is 8.61. The number of nitrogens with zero attached hydrogens (tertiary/aromatic N) is 6. The molecule has 2 saturated heterocycles. The number of piperazine rings is 1. The normalized spacial score (nSPS) is 17.8. The van der Waals surface area contributed by atoms with Crippen LogP contribution in [0.4, 0.5) is 21.5 Å². The quantitative estimate of drug-likeness (QED) is 0.270. The van der Waals surface area contributed by atoms with Gasteiger partial charge in [0.15, 0.2) is 0 Å². The maximum Gasteiger partial charge on any atom is 0.280 e. The van der Waals surface area contributed by atoms with Crippen LogP contribution in [0.1, 0.15) is 30.7 Å². The fourth-order valence-electron chi connectivity index (χ4n) is 7.62. The fraction of sp³-hybridized carbons (Fsp3) is 0.378. The van der Waals surface area contributed by atoms with Crippen LogP contribution in [0.5, 0.6) is 0 Å². The molecule has 8 rings (SSSR count). The Bertz CT molecular complexity index is 2210. The van der Waals surface area contributed by atoms with Crippen LogP contribution < -0.4 is 21.3 Å². The number of halogens is 1. The van der Waals surface area contributed by atoms with E-state index in [0.717, 1.165) is 63.6 Å². The molecule has 254 valence electrons. The summed E-state index contributed by atoms with van der Waals surface area (Å²) < 4.78 is 25.7. The molecule has 11 nitrogen and oxygen atoms in total. The monoisotopic (exact) mass is 665 g/mol. The summed E-state index contributed by atoms with van der Waals surface area (Å²) in [7, 11) is 1.62. The minimum Gasteiger partial charge on any atom is -0.392 e. The van der Waals surface area contributed by atoms with Crippen molar-refractivity contribution in [3.8, 4) is 16.9 Å². The van der Waals surface area contributed by atoms with E-state index in [-0.39, 0.29) is 27.9 Å². The molecule has 1 aromatic carbocycles. The number of hydrogen-bond acceptors (Lipinski definition) is 8. The molecule has 3 aliphatic rings. The van der Waals surface area contributed by atoms with E-state index in [1.54, 1.807) is 43.8 Å². The number of fused-ring (bicyclic) bond motifs is 3. The van der Waals surface area contributed by atoms with E-state index < -0.39 is 12.4 Å². The van der Waals surface area contributed by atoms with E-state index >= 15 is 4.39 Å². The van der Waals surface area contributed by atoms with Gasteiger partial charge in [-0.25, -0.2) is 9.37 Å². The Kier molecular flexibility index (Phi) is 7.69. The number of ether oxygens (including phenoxy) is 1. The third-order valence-electron chi connectivity index (χ3n) is 10.3. The number of benzene rings is 1. The third kappa shape index (κ3) is 5.53. The summed E-state index contributed by atoms with van der Waals surface area (Å²) in [6.45, 7) is 9.04. The van der Waals surface area contributed by atoms with Gasteiger partial charge in [-0.15, -0.1) is 0 Å². The topological polar surface area (TPSA) is 109 Å². The second kappa shape index (κ2) is 12.0. The van der Waals surface area contributed by atoms with Crippen molar-refractivity contribution in [2.24, 2.45) is 12.5 Å². The second-order valence-corrected chi connectivity index (χ2v) is 14.2. The molecule has 49 heavy (non-hydrogen) atoms. The van der Waals surface area contributed by atoms with Gasteiger partial charge in [-0.2, -0.15) is 0 Å². The fourth-order valence-corrected chi connectivity index (χ4v) is 7.62. The molecule has 0 bridgehead atoms. The summed E-state index contributed by atoms with van der Waals surface area (Å²) in [6, 6.07) is 10.9. The van der Waals surface area contributed by atoms with Gasteiger partial charge in [-0.05, 0) is 65.8 Å². The van der Waals surface area contributed by atoms with Crippen LogP contribution in [0.15, 0.2) is 70.8 Å². The Morgan fingerprint density at radius 1 is 1.00 bits per heavy atom. The zero-order valence-electron chi connectivity index (χ0n) is 27.9. The molecule has 6 heterocycles. The van der Waals surface area contributed by atoms with Gasteiger partial charge in [0.2, 0.25) is 0 Å². The molecule has 2 N–H and O–H groups in total. The van der Waals surface area contributed by atoms with Crippen molar-refractivity contribution in [3.63, 3.8) is 0 Å². The molecule has 0 amide bonds. The molecule has 1 aliphatic carbocycles. The lowest BCUT2D eigenvalue weighted by Gasteiger charge is -2.43. The molecule has 0 saturated carbocycles. The number of nitrogens with one attached hydrogen (secondary N) is 1. The first-order valence-corrected chi connectivity index (χ1v) is 16.8. The second-order valence-electron chi connectivity index (χ2n) is 14.2. The zero-order chi connectivity index (χ0) is 34.0. The lowest BCUT2D eigenvalue weighted by molar-refractivity contribution is -0.0660. The molecule has 2 aliphatic heterocycles. The molecule has 0 unspecified atom stereocenters. The van der Waals surface area contributed by atoms with Crippen LogP contribution in [0.2, 0.25) is 0 Å². The average Bonchev–Trinajstić information content (AvgIpc) is 3.55. The van der Waals surface area contributed by atoms with Crippen molar-refractivity contribution in [2.75, 3.05) is 49.6 Å². The van der Waals surface area contributed by atoms with Crippen molar-refractivity contribution in [2.45, 2.75) is 39.3 Å². The Morgan fingerprint density at radius 3 is 2.51 bits per heavy atom. The minimum atomic E-state index is -0.461. The number of anilines is 3. The van der Waals surface area contributed by atoms with E-state index in [2.05, 4.69) is 33.9 Å².